The largest absolute Gasteiger partial charge is 0.497 e. The molecule has 0 bridgehead atoms. The van der Waals surface area contributed by atoms with Crippen LogP contribution in [0.5, 0.6) is 5.75 Å². The van der Waals surface area contributed by atoms with Crippen LogP contribution in [0.4, 0.5) is 0 Å². The van der Waals surface area contributed by atoms with Gasteiger partial charge in [0.25, 0.3) is 0 Å². The Hall–Kier alpha value is -2.31. The minimum atomic E-state index is -0.675. The molecule has 1 atom stereocenters. The van der Waals surface area contributed by atoms with E-state index >= 15 is 0 Å². The summed E-state index contributed by atoms with van der Waals surface area (Å²) in [6, 6.07) is 18.8. The van der Waals surface area contributed by atoms with Crippen LogP contribution in [-0.2, 0) is 11.8 Å². The van der Waals surface area contributed by atoms with Gasteiger partial charge in [-0.2, -0.15) is 5.26 Å². The highest BCUT2D eigenvalue weighted by Crippen LogP contribution is 2.38. The summed E-state index contributed by atoms with van der Waals surface area (Å²) in [6.45, 7) is 2.97. The Bertz CT molecular complexity index is 718. The van der Waals surface area contributed by atoms with Gasteiger partial charge in [0.1, 0.15) is 11.2 Å². The number of aryl methyl sites for hydroxylation is 1. The summed E-state index contributed by atoms with van der Waals surface area (Å²) >= 11 is 0. The quantitative estimate of drug-likeness (QED) is 0.772. The summed E-state index contributed by atoms with van der Waals surface area (Å²) in [6.07, 6.45) is 1.65. The van der Waals surface area contributed by atoms with E-state index in [1.807, 2.05) is 50.5 Å². The smallest absolute Gasteiger partial charge is 0.119 e. The highest BCUT2D eigenvalue weighted by atomic mass is 16.5. The maximum atomic E-state index is 10.3. The molecule has 2 aromatic rings. The van der Waals surface area contributed by atoms with Crippen LogP contribution in [0.3, 0.4) is 0 Å². The Morgan fingerprint density at radius 1 is 1.12 bits per heavy atom. The van der Waals surface area contributed by atoms with E-state index in [0.29, 0.717) is 0 Å². The van der Waals surface area contributed by atoms with Crippen LogP contribution in [0.25, 0.3) is 0 Å². The standard InChI is InChI=1S/C21H26N2O/c1-5-17-9-6-7-12-20(17)21(16-22,13-14-23(2)3)18-10-8-11-19(15-18)24-4/h6-12,15H,5,13-14H2,1-4H3. The lowest BCUT2D eigenvalue weighted by atomic mass is 9.71. The summed E-state index contributed by atoms with van der Waals surface area (Å²) in [5, 5.41) is 10.3. The van der Waals surface area contributed by atoms with Crippen LogP contribution < -0.4 is 4.74 Å². The van der Waals surface area contributed by atoms with Crippen molar-refractivity contribution in [3.8, 4) is 11.8 Å². The molecule has 0 radical (unpaired) electrons. The Morgan fingerprint density at radius 3 is 2.50 bits per heavy atom. The van der Waals surface area contributed by atoms with Crippen LogP contribution in [-0.4, -0.2) is 32.6 Å². The minimum absolute atomic E-state index is 0.675. The van der Waals surface area contributed by atoms with Crippen LogP contribution in [0.1, 0.15) is 30.0 Å². The first-order chi connectivity index (χ1) is 11.6. The van der Waals surface area contributed by atoms with E-state index in [2.05, 4.69) is 30.0 Å². The molecule has 0 spiro atoms. The zero-order chi connectivity index (χ0) is 17.6. The second kappa shape index (κ2) is 7.99. The Kier molecular flexibility index (Phi) is 6.00. The molecule has 0 amide bonds. The monoisotopic (exact) mass is 322 g/mol. The van der Waals surface area contributed by atoms with Crippen LogP contribution in [0, 0.1) is 11.3 Å². The normalized spacial score (nSPS) is 13.3. The maximum absolute atomic E-state index is 10.3. The molecule has 2 aromatic carbocycles. The molecule has 2 rings (SSSR count). The third-order valence-corrected chi connectivity index (χ3v) is 4.55. The van der Waals surface area contributed by atoms with Crippen molar-refractivity contribution < 1.29 is 4.74 Å². The molecule has 0 saturated carbocycles. The molecule has 0 aliphatic rings. The van der Waals surface area contributed by atoms with E-state index in [0.717, 1.165) is 36.3 Å². The lowest BCUT2D eigenvalue weighted by Crippen LogP contribution is -2.31. The van der Waals surface area contributed by atoms with Crippen molar-refractivity contribution in [2.75, 3.05) is 27.7 Å². The topological polar surface area (TPSA) is 36.3 Å². The van der Waals surface area contributed by atoms with Gasteiger partial charge in [-0.1, -0.05) is 43.3 Å². The fourth-order valence-corrected chi connectivity index (χ4v) is 3.14. The third kappa shape index (κ3) is 3.60. The van der Waals surface area contributed by atoms with E-state index in [-0.39, 0.29) is 0 Å². The highest BCUT2D eigenvalue weighted by Gasteiger charge is 2.36. The summed E-state index contributed by atoms with van der Waals surface area (Å²) in [5.74, 6) is 0.783. The SMILES string of the molecule is CCc1ccccc1C(C#N)(CCN(C)C)c1cccc(OC)c1. The molecule has 0 saturated heterocycles. The van der Waals surface area contributed by atoms with Gasteiger partial charge in [0.2, 0.25) is 0 Å². The first-order valence-corrected chi connectivity index (χ1v) is 8.36. The van der Waals surface area contributed by atoms with E-state index < -0.39 is 5.41 Å². The van der Waals surface area contributed by atoms with Gasteiger partial charge in [-0.05, 0) is 62.3 Å². The number of rotatable bonds is 7. The average Bonchev–Trinajstić information content (AvgIpc) is 2.63. The van der Waals surface area contributed by atoms with Crippen LogP contribution >= 0.6 is 0 Å². The molecule has 0 aliphatic carbocycles. The highest BCUT2D eigenvalue weighted by molar-refractivity contribution is 5.51. The molecule has 0 N–H and O–H groups in total. The predicted octanol–water partition coefficient (Wildman–Crippen LogP) is 4.02. The van der Waals surface area contributed by atoms with Gasteiger partial charge < -0.3 is 9.64 Å². The summed E-state index contributed by atoms with van der Waals surface area (Å²) in [4.78, 5) is 2.13. The van der Waals surface area contributed by atoms with Gasteiger partial charge in [-0.3, -0.25) is 0 Å². The van der Waals surface area contributed by atoms with Crippen molar-refractivity contribution in [1.29, 1.82) is 5.26 Å². The Labute approximate surface area is 145 Å². The molecule has 24 heavy (non-hydrogen) atoms. The second-order valence-corrected chi connectivity index (χ2v) is 6.31. The van der Waals surface area contributed by atoms with E-state index in [1.54, 1.807) is 7.11 Å². The van der Waals surface area contributed by atoms with Gasteiger partial charge in [-0.25, -0.2) is 0 Å². The number of hydrogen-bond donors (Lipinski definition) is 0. The number of nitriles is 1. The second-order valence-electron chi connectivity index (χ2n) is 6.31. The van der Waals surface area contributed by atoms with E-state index in [9.17, 15) is 5.26 Å². The van der Waals surface area contributed by atoms with Crippen molar-refractivity contribution in [2.45, 2.75) is 25.2 Å². The van der Waals surface area contributed by atoms with Gasteiger partial charge in [-0.15, -0.1) is 0 Å². The van der Waals surface area contributed by atoms with Crippen molar-refractivity contribution in [1.82, 2.24) is 4.90 Å². The number of hydrogen-bond acceptors (Lipinski definition) is 3. The molecule has 3 nitrogen and oxygen atoms in total. The zero-order valence-corrected chi connectivity index (χ0v) is 15.0. The van der Waals surface area contributed by atoms with Crippen molar-refractivity contribution in [2.24, 2.45) is 0 Å². The molecular weight excluding hydrogens is 296 g/mol. The summed E-state index contributed by atoms with van der Waals surface area (Å²) in [7, 11) is 5.74. The maximum Gasteiger partial charge on any atom is 0.119 e. The molecule has 0 aromatic heterocycles. The minimum Gasteiger partial charge on any atom is -0.497 e. The van der Waals surface area contributed by atoms with Crippen molar-refractivity contribution in [3.05, 3.63) is 65.2 Å². The van der Waals surface area contributed by atoms with Crippen LogP contribution in [0.15, 0.2) is 48.5 Å². The van der Waals surface area contributed by atoms with Crippen LogP contribution in [0.2, 0.25) is 0 Å². The Balaban J connectivity index is 2.66. The molecule has 0 heterocycles. The van der Waals surface area contributed by atoms with Crippen molar-refractivity contribution >= 4 is 0 Å². The number of methoxy groups -OCH3 is 1. The predicted molar refractivity (Wildman–Crippen MR) is 98.4 cm³/mol. The molecule has 3 heteroatoms. The van der Waals surface area contributed by atoms with E-state index in [1.165, 1.54) is 5.56 Å². The third-order valence-electron chi connectivity index (χ3n) is 4.55. The lowest BCUT2D eigenvalue weighted by molar-refractivity contribution is 0.369. The van der Waals surface area contributed by atoms with E-state index in [4.69, 9.17) is 4.74 Å². The van der Waals surface area contributed by atoms with Gasteiger partial charge in [0.05, 0.1) is 13.2 Å². The zero-order valence-electron chi connectivity index (χ0n) is 15.0. The first kappa shape index (κ1) is 18.0. The average molecular weight is 322 g/mol. The molecule has 126 valence electrons. The van der Waals surface area contributed by atoms with Gasteiger partial charge in [0.15, 0.2) is 0 Å². The number of benzene rings is 2. The molecule has 0 aliphatic heterocycles. The molecular formula is C21H26N2O. The fraction of sp³-hybridized carbons (Fsp3) is 0.381. The van der Waals surface area contributed by atoms with Gasteiger partial charge >= 0.3 is 0 Å². The summed E-state index contributed by atoms with van der Waals surface area (Å²) < 4.78 is 5.39. The fourth-order valence-electron chi connectivity index (χ4n) is 3.14. The number of nitrogens with zero attached hydrogens (tertiary/aromatic N) is 2. The van der Waals surface area contributed by atoms with Gasteiger partial charge in [0, 0.05) is 0 Å². The van der Waals surface area contributed by atoms with Crippen molar-refractivity contribution in [3.63, 3.8) is 0 Å². The lowest BCUT2D eigenvalue weighted by Gasteiger charge is -2.31. The summed E-state index contributed by atoms with van der Waals surface area (Å²) in [5.41, 5.74) is 2.64. The first-order valence-electron chi connectivity index (χ1n) is 8.36. The molecule has 0 fully saturated rings. The number of ether oxygens (including phenoxy) is 1. The Morgan fingerprint density at radius 2 is 1.88 bits per heavy atom. The molecule has 1 unspecified atom stereocenters.